The molecule has 2 amide bonds. The van der Waals surface area contributed by atoms with Gasteiger partial charge in [-0.05, 0) is 30.3 Å². The van der Waals surface area contributed by atoms with Gasteiger partial charge in [0.05, 0.1) is 22.4 Å². The van der Waals surface area contributed by atoms with Crippen LogP contribution < -0.4 is 10.2 Å². The Labute approximate surface area is 192 Å². The predicted molar refractivity (Wildman–Crippen MR) is 134 cm³/mol. The molecule has 5 rings (SSSR count). The van der Waals surface area contributed by atoms with E-state index in [1.807, 2.05) is 109 Å². The third kappa shape index (κ3) is 4.29. The molecule has 4 aromatic carbocycles. The summed E-state index contributed by atoms with van der Waals surface area (Å²) in [5, 5.41) is 2.96. The first kappa shape index (κ1) is 20.4. The van der Waals surface area contributed by atoms with Crippen LogP contribution in [0.3, 0.4) is 0 Å². The number of rotatable bonds is 4. The lowest BCUT2D eigenvalue weighted by molar-refractivity contribution is 0.258. The van der Waals surface area contributed by atoms with Crippen molar-refractivity contribution in [2.24, 2.45) is 0 Å². The van der Waals surface area contributed by atoms with E-state index in [0.717, 1.165) is 33.7 Å². The largest absolute Gasteiger partial charge is 0.326 e. The Morgan fingerprint density at radius 1 is 0.667 bits per heavy atom. The fourth-order valence-corrected chi connectivity index (χ4v) is 3.70. The van der Waals surface area contributed by atoms with Crippen LogP contribution in [0.4, 0.5) is 16.2 Å². The van der Waals surface area contributed by atoms with E-state index in [2.05, 4.69) is 5.32 Å². The molecule has 1 aromatic heterocycles. The second-order valence-corrected chi connectivity index (χ2v) is 7.68. The number of hydrogen-bond donors (Lipinski definition) is 1. The fraction of sp³-hybridized carbons (Fsp3) is 0.0357. The van der Waals surface area contributed by atoms with Crippen LogP contribution in [0.25, 0.3) is 33.5 Å². The molecule has 33 heavy (non-hydrogen) atoms. The van der Waals surface area contributed by atoms with Gasteiger partial charge in [-0.15, -0.1) is 0 Å². The number of hydrogen-bond acceptors (Lipinski definition) is 3. The molecule has 0 spiro atoms. The van der Waals surface area contributed by atoms with Gasteiger partial charge in [-0.2, -0.15) is 0 Å². The third-order valence-corrected chi connectivity index (χ3v) is 5.46. The molecule has 0 atom stereocenters. The smallest absolute Gasteiger partial charge is 0.307 e. The van der Waals surface area contributed by atoms with Crippen LogP contribution in [0.1, 0.15) is 0 Å². The molecule has 1 heterocycles. The van der Waals surface area contributed by atoms with Gasteiger partial charge < -0.3 is 5.32 Å². The van der Waals surface area contributed by atoms with E-state index in [1.165, 1.54) is 0 Å². The molecule has 0 saturated heterocycles. The lowest BCUT2D eigenvalue weighted by Gasteiger charge is -2.18. The lowest BCUT2D eigenvalue weighted by atomic mass is 10.0. The van der Waals surface area contributed by atoms with Crippen molar-refractivity contribution in [2.75, 3.05) is 17.3 Å². The minimum Gasteiger partial charge on any atom is -0.307 e. The monoisotopic (exact) mass is 430 g/mol. The van der Waals surface area contributed by atoms with E-state index in [1.54, 1.807) is 11.9 Å². The molecule has 5 heteroatoms. The summed E-state index contributed by atoms with van der Waals surface area (Å²) in [4.78, 5) is 24.2. The summed E-state index contributed by atoms with van der Waals surface area (Å²) in [7, 11) is 1.74. The quantitative estimate of drug-likeness (QED) is 0.348. The van der Waals surface area contributed by atoms with E-state index in [9.17, 15) is 4.79 Å². The van der Waals surface area contributed by atoms with E-state index in [4.69, 9.17) is 9.97 Å². The van der Waals surface area contributed by atoms with Crippen molar-refractivity contribution >= 4 is 28.4 Å². The number of urea groups is 1. The number of fused-ring (bicyclic) bond motifs is 1. The van der Waals surface area contributed by atoms with Crippen molar-refractivity contribution in [2.45, 2.75) is 0 Å². The molecule has 0 unspecified atom stereocenters. The molecule has 1 N–H and O–H groups in total. The van der Waals surface area contributed by atoms with E-state index < -0.39 is 0 Å². The topological polar surface area (TPSA) is 58.1 Å². The number of carbonyl (C=O) groups excluding carboxylic acids is 1. The first-order chi connectivity index (χ1) is 16.2. The molecule has 0 aliphatic heterocycles. The second-order valence-electron chi connectivity index (χ2n) is 7.68. The van der Waals surface area contributed by atoms with Crippen molar-refractivity contribution in [3.63, 3.8) is 0 Å². The van der Waals surface area contributed by atoms with Crippen LogP contribution in [-0.2, 0) is 0 Å². The highest BCUT2D eigenvalue weighted by Crippen LogP contribution is 2.31. The maximum atomic E-state index is 12.8. The minimum absolute atomic E-state index is 0.224. The standard InChI is InChI=1S/C28H22N4O/c1-32(23-15-9-4-10-16-23)28(33)29-22-17-18-24-25(19-22)31-27(21-13-7-3-8-14-21)26(30-24)20-11-5-2-6-12-20/h2-19H,1H3,(H,29,33). The Morgan fingerprint density at radius 2 is 1.18 bits per heavy atom. The number of anilines is 2. The summed E-state index contributed by atoms with van der Waals surface area (Å²) in [6.45, 7) is 0. The highest BCUT2D eigenvalue weighted by atomic mass is 16.2. The van der Waals surface area contributed by atoms with Gasteiger partial charge in [0.1, 0.15) is 0 Å². The zero-order chi connectivity index (χ0) is 22.6. The molecule has 0 aliphatic carbocycles. The van der Waals surface area contributed by atoms with Gasteiger partial charge >= 0.3 is 6.03 Å². The number of amides is 2. The zero-order valence-corrected chi connectivity index (χ0v) is 18.1. The summed E-state index contributed by atoms with van der Waals surface area (Å²) in [5.74, 6) is 0. The maximum absolute atomic E-state index is 12.8. The molecular weight excluding hydrogens is 408 g/mol. The maximum Gasteiger partial charge on any atom is 0.326 e. The SMILES string of the molecule is CN(C(=O)Nc1ccc2nc(-c3ccccc3)c(-c3ccccc3)nc2c1)c1ccccc1. The van der Waals surface area contributed by atoms with Gasteiger partial charge in [0.15, 0.2) is 0 Å². The van der Waals surface area contributed by atoms with Gasteiger partial charge in [0.25, 0.3) is 0 Å². The number of nitrogens with one attached hydrogen (secondary N) is 1. The summed E-state index contributed by atoms with van der Waals surface area (Å²) < 4.78 is 0. The van der Waals surface area contributed by atoms with Gasteiger partial charge in [-0.1, -0.05) is 78.9 Å². The van der Waals surface area contributed by atoms with Crippen LogP contribution in [0.5, 0.6) is 0 Å². The predicted octanol–water partition coefficient (Wildman–Crippen LogP) is 6.63. The highest BCUT2D eigenvalue weighted by Gasteiger charge is 2.15. The van der Waals surface area contributed by atoms with Crippen molar-refractivity contribution in [3.05, 3.63) is 109 Å². The van der Waals surface area contributed by atoms with Gasteiger partial charge in [-0.25, -0.2) is 14.8 Å². The highest BCUT2D eigenvalue weighted by molar-refractivity contribution is 6.02. The Balaban J connectivity index is 1.54. The Kier molecular flexibility index (Phi) is 5.52. The van der Waals surface area contributed by atoms with Crippen LogP contribution >= 0.6 is 0 Å². The van der Waals surface area contributed by atoms with E-state index in [-0.39, 0.29) is 6.03 Å². The van der Waals surface area contributed by atoms with Crippen LogP contribution in [0, 0.1) is 0 Å². The van der Waals surface area contributed by atoms with Crippen LogP contribution in [0.2, 0.25) is 0 Å². The number of aromatic nitrogens is 2. The molecule has 0 saturated carbocycles. The zero-order valence-electron chi connectivity index (χ0n) is 18.1. The van der Waals surface area contributed by atoms with E-state index in [0.29, 0.717) is 11.2 Å². The Hall–Kier alpha value is -4.51. The molecule has 5 nitrogen and oxygen atoms in total. The number of para-hydroxylation sites is 1. The van der Waals surface area contributed by atoms with Gasteiger partial charge in [0, 0.05) is 29.5 Å². The number of nitrogens with zero attached hydrogens (tertiary/aromatic N) is 3. The van der Waals surface area contributed by atoms with Crippen molar-refractivity contribution < 1.29 is 4.79 Å². The Morgan fingerprint density at radius 3 is 1.76 bits per heavy atom. The summed E-state index contributed by atoms with van der Waals surface area (Å²) in [6.07, 6.45) is 0. The lowest BCUT2D eigenvalue weighted by Crippen LogP contribution is -2.31. The molecule has 160 valence electrons. The molecule has 0 bridgehead atoms. The van der Waals surface area contributed by atoms with Crippen molar-refractivity contribution in [3.8, 4) is 22.5 Å². The molecular formula is C28H22N4O. The van der Waals surface area contributed by atoms with Crippen LogP contribution in [-0.4, -0.2) is 23.0 Å². The fourth-order valence-electron chi connectivity index (χ4n) is 3.70. The van der Waals surface area contributed by atoms with Gasteiger partial charge in [-0.3, -0.25) is 4.90 Å². The third-order valence-electron chi connectivity index (χ3n) is 5.46. The van der Waals surface area contributed by atoms with Crippen molar-refractivity contribution in [1.29, 1.82) is 0 Å². The first-order valence-corrected chi connectivity index (χ1v) is 10.7. The van der Waals surface area contributed by atoms with Crippen molar-refractivity contribution in [1.82, 2.24) is 9.97 Å². The average molecular weight is 431 g/mol. The normalized spacial score (nSPS) is 10.7. The molecule has 0 fully saturated rings. The average Bonchev–Trinajstić information content (AvgIpc) is 2.89. The van der Waals surface area contributed by atoms with E-state index >= 15 is 0 Å². The molecule has 0 radical (unpaired) electrons. The second kappa shape index (κ2) is 8.93. The van der Waals surface area contributed by atoms with Gasteiger partial charge in [0.2, 0.25) is 0 Å². The molecule has 0 aliphatic rings. The summed E-state index contributed by atoms with van der Waals surface area (Å²) in [5.41, 5.74) is 6.59. The number of carbonyl (C=O) groups is 1. The minimum atomic E-state index is -0.224. The Bertz CT molecular complexity index is 1400. The summed E-state index contributed by atoms with van der Waals surface area (Å²) in [6, 6.07) is 35.0. The number of benzene rings is 4. The van der Waals surface area contributed by atoms with Crippen LogP contribution in [0.15, 0.2) is 109 Å². The summed E-state index contributed by atoms with van der Waals surface area (Å²) >= 11 is 0. The first-order valence-electron chi connectivity index (χ1n) is 10.7. The molecule has 5 aromatic rings.